The number of ether oxygens (including phenoxy) is 2. The molecule has 0 saturated carbocycles. The number of hydrogen-bond acceptors (Lipinski definition) is 25. The zero-order valence-electron chi connectivity index (χ0n) is 54.5. The molecule has 2 aromatic heterocycles. The molecule has 0 unspecified atom stereocenters. The first-order chi connectivity index (χ1) is 42.6. The summed E-state index contributed by atoms with van der Waals surface area (Å²) in [6.07, 6.45) is 7.68. The van der Waals surface area contributed by atoms with Gasteiger partial charge in [-0.3, -0.25) is 34.8 Å². The summed E-state index contributed by atoms with van der Waals surface area (Å²) in [6.45, 7) is 19.9. The van der Waals surface area contributed by atoms with Gasteiger partial charge < -0.3 is 71.5 Å². The van der Waals surface area contributed by atoms with Crippen LogP contribution in [0.4, 0.5) is 67.7 Å². The first-order valence-electron chi connectivity index (χ1n) is 29.0. The van der Waals surface area contributed by atoms with Crippen LogP contribution in [0.1, 0.15) is 27.1 Å². The van der Waals surface area contributed by atoms with Gasteiger partial charge in [0.2, 0.25) is 17.7 Å². The van der Waals surface area contributed by atoms with Gasteiger partial charge in [-0.2, -0.15) is 14.4 Å². The van der Waals surface area contributed by atoms with Crippen molar-refractivity contribution >= 4 is 94.7 Å². The zero-order valence-corrected chi connectivity index (χ0v) is 61.5. The van der Waals surface area contributed by atoms with Crippen LogP contribution in [0.15, 0.2) is 97.3 Å². The van der Waals surface area contributed by atoms with Crippen molar-refractivity contribution in [1.82, 2.24) is 44.9 Å². The third-order valence-corrected chi connectivity index (χ3v) is 18.6. The number of benzene rings is 4. The van der Waals surface area contributed by atoms with Gasteiger partial charge in [0.15, 0.2) is 0 Å². The van der Waals surface area contributed by atoms with Crippen LogP contribution >= 0.6 is 14.3 Å². The normalized spacial score (nSPS) is 16.0. The standard InChI is InChI=1S/C29H39N8O4P.C19H19FN5O4P.C10H21N3.CH2O3.2K.H/c1-34-15-17-35(18-16-34)21-10-13-36(14-11-21)24-20-26(41-2)23(19-25(24)37(38)39)32-29-30-12-9-28(33-29)31-22-7-5-6-8-27(22)42(3,4)40;1-29-16-10-12(20)15(25(26)27)11-14(16)23-19-21-9-8-18(24-19)22-13-6-4-5-7-17(13)30(2,3)28;1-12-6-8-13(9-7-12)10-2-4-11-5-3-10;2-1-4-3;;;/h5-9,12,19-21H,10-11,13-18H2,1-4H3,(H2,30,31,32,33);4-11H,1-3H3,(H2,21,22,23,24);10-11H,2-9H2,1H3;1,3H;;;/q;;;;2*+1;-1/p-1. The fourth-order valence-corrected chi connectivity index (χ4v) is 13.1. The van der Waals surface area contributed by atoms with Crippen molar-refractivity contribution in [3.8, 4) is 11.5 Å². The number of piperidine rings is 2. The molecule has 4 aliphatic heterocycles. The number of aromatic nitrogens is 4. The Morgan fingerprint density at radius 1 is 0.604 bits per heavy atom. The van der Waals surface area contributed by atoms with Crippen LogP contribution in [0.3, 0.4) is 0 Å². The molecule has 0 aliphatic carbocycles. The number of likely N-dealkylation sites (N-methyl/N-ethyl adjacent to an activating group) is 2. The van der Waals surface area contributed by atoms with Crippen molar-refractivity contribution in [2.45, 2.75) is 37.8 Å². The maximum atomic E-state index is 13.8. The van der Waals surface area contributed by atoms with E-state index < -0.39 is 30.7 Å². The first kappa shape index (κ1) is 77.0. The number of nitrogens with one attached hydrogen (secondary N) is 5. The summed E-state index contributed by atoms with van der Waals surface area (Å²) >= 11 is 0. The molecule has 27 nitrogen and oxygen atoms in total. The van der Waals surface area contributed by atoms with Crippen LogP contribution in [0, 0.1) is 26.0 Å². The summed E-state index contributed by atoms with van der Waals surface area (Å²) in [5.74, 6) is 0.741. The quantitative estimate of drug-likeness (QED) is 0.0201. The number of anilines is 9. The number of halogens is 1. The Morgan fingerprint density at radius 3 is 1.42 bits per heavy atom. The Bertz CT molecular complexity index is 3450. The van der Waals surface area contributed by atoms with Crippen molar-refractivity contribution in [2.75, 3.05) is 160 Å². The molecule has 4 aliphatic rings. The molecule has 6 heterocycles. The van der Waals surface area contributed by atoms with Gasteiger partial charge in [-0.1, -0.05) is 24.3 Å². The van der Waals surface area contributed by atoms with E-state index in [2.05, 4.69) is 90.0 Å². The number of nitro groups is 2. The van der Waals surface area contributed by atoms with E-state index in [0.29, 0.717) is 51.5 Å². The van der Waals surface area contributed by atoms with Crippen molar-refractivity contribution in [3.63, 3.8) is 0 Å². The molecular formula is C59H81FK2N16O11P2. The molecule has 4 saturated heterocycles. The number of carbonyl (C=O) groups is 1. The molecule has 0 atom stereocenters. The Labute approximate surface area is 617 Å². The summed E-state index contributed by atoms with van der Waals surface area (Å²) in [6, 6.07) is 24.4. The largest absolute Gasteiger partial charge is 1.00 e. The van der Waals surface area contributed by atoms with E-state index in [9.17, 15) is 33.7 Å². The Balaban J connectivity index is 0.000000313. The van der Waals surface area contributed by atoms with E-state index in [1.54, 1.807) is 76.4 Å². The fraction of sp³-hybridized carbons (Fsp3) is 0.441. The molecule has 0 amide bonds. The van der Waals surface area contributed by atoms with E-state index in [4.69, 9.17) is 19.5 Å². The number of methoxy groups -OCH3 is 2. The third-order valence-electron chi connectivity index (χ3n) is 15.5. The van der Waals surface area contributed by atoms with E-state index in [1.807, 2.05) is 30.3 Å². The van der Waals surface area contributed by atoms with Gasteiger partial charge >= 0.3 is 108 Å². The number of nitro benzene ring substituents is 2. The molecule has 482 valence electrons. The first-order valence-corrected chi connectivity index (χ1v) is 34.2. The van der Waals surface area contributed by atoms with Crippen LogP contribution in [0.5, 0.6) is 11.5 Å². The van der Waals surface area contributed by atoms with Gasteiger partial charge in [0.05, 0.1) is 46.8 Å². The molecule has 32 heteroatoms. The van der Waals surface area contributed by atoms with Crippen LogP contribution in [0.25, 0.3) is 0 Å². The predicted molar refractivity (Wildman–Crippen MR) is 345 cm³/mol. The zero-order chi connectivity index (χ0) is 64.3. The molecule has 10 rings (SSSR count). The van der Waals surface area contributed by atoms with Crippen LogP contribution < -0.4 is 160 Å². The molecule has 0 radical (unpaired) electrons. The molecule has 91 heavy (non-hydrogen) atoms. The third kappa shape index (κ3) is 23.1. The van der Waals surface area contributed by atoms with Gasteiger partial charge in [0.1, 0.15) is 43.1 Å². The molecule has 0 spiro atoms. The van der Waals surface area contributed by atoms with E-state index in [1.165, 1.54) is 71.5 Å². The van der Waals surface area contributed by atoms with Gasteiger partial charge in [0.25, 0.3) is 12.2 Å². The summed E-state index contributed by atoms with van der Waals surface area (Å²) in [7, 11) is 2.18. The fourth-order valence-electron chi connectivity index (χ4n) is 10.8. The number of piperazine rings is 2. The summed E-state index contributed by atoms with van der Waals surface area (Å²) in [5.41, 5.74) is 1.72. The van der Waals surface area contributed by atoms with Crippen molar-refractivity contribution in [1.29, 1.82) is 0 Å². The monoisotopic (exact) mass is 1350 g/mol. The summed E-state index contributed by atoms with van der Waals surface area (Å²) in [5, 5.41) is 48.7. The van der Waals surface area contributed by atoms with E-state index in [0.717, 1.165) is 75.6 Å². The summed E-state index contributed by atoms with van der Waals surface area (Å²) in [4.78, 5) is 62.7. The van der Waals surface area contributed by atoms with Crippen LogP contribution in [-0.4, -0.2) is 201 Å². The number of carbonyl (C=O) groups excluding carboxylic acids is 1. The van der Waals surface area contributed by atoms with Gasteiger partial charge in [-0.05, 0) is 116 Å². The topological polar surface area (TPSA) is 316 Å². The van der Waals surface area contributed by atoms with E-state index >= 15 is 0 Å². The van der Waals surface area contributed by atoms with Crippen molar-refractivity contribution in [2.24, 2.45) is 0 Å². The average molecular weight is 1350 g/mol. The summed E-state index contributed by atoms with van der Waals surface area (Å²) < 4.78 is 49.9. The molecule has 6 aromatic rings. The molecule has 4 aromatic carbocycles. The van der Waals surface area contributed by atoms with E-state index in [-0.39, 0.29) is 145 Å². The van der Waals surface area contributed by atoms with Crippen LogP contribution in [-0.2, 0) is 18.8 Å². The maximum Gasteiger partial charge on any atom is 1.00 e. The average Bonchev–Trinajstić information content (AvgIpc) is 0.816. The van der Waals surface area contributed by atoms with Gasteiger partial charge in [0, 0.05) is 125 Å². The van der Waals surface area contributed by atoms with Crippen molar-refractivity contribution < 1.29 is 152 Å². The van der Waals surface area contributed by atoms with Gasteiger partial charge in [-0.15, -0.1) is 0 Å². The number of hydrogen-bond donors (Lipinski definition) is 5. The van der Waals surface area contributed by atoms with Crippen molar-refractivity contribution in [3.05, 3.63) is 123 Å². The molecule has 5 N–H and O–H groups in total. The number of para-hydroxylation sites is 2. The molecular weight excluding hydrogens is 1270 g/mol. The van der Waals surface area contributed by atoms with Crippen LogP contribution in [0.2, 0.25) is 0 Å². The second-order valence-electron chi connectivity index (χ2n) is 22.4. The Kier molecular flexibility index (Phi) is 31.7. The minimum absolute atomic E-state index is 0. The maximum absolute atomic E-state index is 13.8. The second kappa shape index (κ2) is 37.4. The predicted octanol–water partition coefficient (Wildman–Crippen LogP) is 1.15. The molecule has 4 fully saturated rings. The minimum Gasteiger partial charge on any atom is -1.00 e. The number of rotatable bonds is 18. The smallest absolute Gasteiger partial charge is 1.00 e. The van der Waals surface area contributed by atoms with Gasteiger partial charge in [-0.25, -0.2) is 9.97 Å². The number of nitrogens with zero attached hydrogens (tertiary/aromatic N) is 11. The Hall–Kier alpha value is -4.67. The SMILES string of the molecule is CN1CCN(C2CCNCC2)CC1.COc1cc(F)c([N+](=O)[O-])cc1Nc1nccc(Nc2ccccc2P(C)(C)=O)n1.COc1cc(N2CCC(N3CCN(C)CC3)CC2)c([N+](=O)[O-])cc1Nc1nccc(Nc2ccccc2P(C)(C)=O)n1.O=CO[O-].[H-].[K+].[K+]. The molecule has 0 bridgehead atoms. The second-order valence-corrected chi connectivity index (χ2v) is 28.8. The minimum atomic E-state index is -2.53. The Morgan fingerprint density at radius 2 is 1.01 bits per heavy atom.